The number of nitrogens with one attached hydrogen (secondary N) is 1. The number of hydrogen-bond donors (Lipinski definition) is 2. The topological polar surface area (TPSA) is 84.6 Å². The molecule has 31 heavy (non-hydrogen) atoms. The van der Waals surface area contributed by atoms with Crippen LogP contribution in [0.3, 0.4) is 0 Å². The van der Waals surface area contributed by atoms with E-state index in [2.05, 4.69) is 31.2 Å². The second-order valence-corrected chi connectivity index (χ2v) is 8.19. The fraction of sp³-hybridized carbons (Fsp3) is 0.500. The number of rotatable bonds is 7. The first-order chi connectivity index (χ1) is 14.9. The van der Waals surface area contributed by atoms with Crippen LogP contribution in [-0.2, 0) is 4.74 Å². The predicted octanol–water partition coefficient (Wildman–Crippen LogP) is 4.16. The minimum atomic E-state index is -2.81. The largest absolute Gasteiger partial charge is 0.393 e. The fourth-order valence-corrected chi connectivity index (χ4v) is 4.17. The van der Waals surface area contributed by atoms with Gasteiger partial charge in [-0.2, -0.15) is 8.78 Å². The van der Waals surface area contributed by atoms with E-state index in [1.54, 1.807) is 19.3 Å². The smallest absolute Gasteiger partial charge is 0.345 e. The number of aryl methyl sites for hydroxylation is 1. The third-order valence-corrected chi connectivity index (χ3v) is 5.72. The first-order valence-electron chi connectivity index (χ1n) is 10.6. The van der Waals surface area contributed by atoms with Crippen molar-refractivity contribution in [1.82, 2.24) is 19.6 Å². The first kappa shape index (κ1) is 21.6. The first-order valence-corrected chi connectivity index (χ1v) is 10.6. The average Bonchev–Trinajstić information content (AvgIpc) is 3.12. The van der Waals surface area contributed by atoms with Crippen molar-refractivity contribution in [3.05, 3.63) is 42.0 Å². The monoisotopic (exact) mass is 431 g/mol. The molecule has 4 rings (SSSR count). The summed E-state index contributed by atoms with van der Waals surface area (Å²) in [4.78, 5) is 8.70. The van der Waals surface area contributed by atoms with Gasteiger partial charge in [-0.15, -0.1) is 5.10 Å². The zero-order chi connectivity index (χ0) is 22.0. The number of nitrogens with zero attached hydrogens (tertiary/aromatic N) is 4. The van der Waals surface area contributed by atoms with Gasteiger partial charge in [0.2, 0.25) is 5.95 Å². The molecular weight excluding hydrogens is 404 g/mol. The summed E-state index contributed by atoms with van der Waals surface area (Å²) in [5, 5.41) is 17.6. The van der Waals surface area contributed by atoms with E-state index in [9.17, 15) is 13.9 Å². The number of ether oxygens (including phenoxy) is 1. The summed E-state index contributed by atoms with van der Waals surface area (Å²) < 4.78 is 30.9. The van der Waals surface area contributed by atoms with Crippen molar-refractivity contribution in [2.75, 3.05) is 11.9 Å². The van der Waals surface area contributed by atoms with Crippen LogP contribution >= 0.6 is 0 Å². The molecular formula is C22H27F2N5O2. The van der Waals surface area contributed by atoms with Gasteiger partial charge in [-0.25, -0.2) is 9.50 Å². The maximum absolute atomic E-state index is 12.3. The van der Waals surface area contributed by atoms with Gasteiger partial charge in [0.1, 0.15) is 0 Å². The molecule has 3 heterocycles. The van der Waals surface area contributed by atoms with E-state index in [0.717, 1.165) is 53.7 Å². The van der Waals surface area contributed by atoms with Crippen molar-refractivity contribution in [2.45, 2.75) is 64.2 Å². The van der Waals surface area contributed by atoms with E-state index < -0.39 is 6.61 Å². The summed E-state index contributed by atoms with van der Waals surface area (Å²) in [7, 11) is 0. The van der Waals surface area contributed by atoms with Crippen molar-refractivity contribution in [3.63, 3.8) is 0 Å². The van der Waals surface area contributed by atoms with Gasteiger partial charge in [0.05, 0.1) is 24.4 Å². The SMILES string of the molecule is Cc1cc(-c2cc(C3CCC(O)CC3)n3nc(N[C@@H](C)COC(F)F)ncc23)ccn1. The Bertz CT molecular complexity index is 1030. The lowest BCUT2D eigenvalue weighted by atomic mass is 9.85. The molecule has 166 valence electrons. The van der Waals surface area contributed by atoms with Crippen molar-refractivity contribution in [2.24, 2.45) is 0 Å². The normalized spacial score (nSPS) is 20.3. The molecule has 0 aliphatic heterocycles. The number of aliphatic hydroxyl groups excluding tert-OH is 1. The van der Waals surface area contributed by atoms with Crippen molar-refractivity contribution >= 4 is 11.5 Å². The molecule has 0 unspecified atom stereocenters. The van der Waals surface area contributed by atoms with E-state index >= 15 is 0 Å². The number of halogens is 2. The molecule has 3 aromatic rings. The zero-order valence-corrected chi connectivity index (χ0v) is 17.6. The van der Waals surface area contributed by atoms with Gasteiger partial charge in [0.15, 0.2) is 0 Å². The molecule has 3 aromatic heterocycles. The molecule has 0 radical (unpaired) electrons. The number of fused-ring (bicyclic) bond motifs is 1. The van der Waals surface area contributed by atoms with Crippen LogP contribution in [0.25, 0.3) is 16.6 Å². The Morgan fingerprint density at radius 1 is 1.23 bits per heavy atom. The highest BCUT2D eigenvalue weighted by molar-refractivity contribution is 5.81. The maximum Gasteiger partial charge on any atom is 0.345 e. The molecule has 0 spiro atoms. The highest BCUT2D eigenvalue weighted by Gasteiger charge is 2.25. The van der Waals surface area contributed by atoms with Crippen LogP contribution in [0.1, 0.15) is 49.9 Å². The Balaban J connectivity index is 1.70. The van der Waals surface area contributed by atoms with Crippen LogP contribution in [0.4, 0.5) is 14.7 Å². The molecule has 0 bridgehead atoms. The molecule has 9 heteroatoms. The predicted molar refractivity (Wildman–Crippen MR) is 113 cm³/mol. The van der Waals surface area contributed by atoms with Crippen molar-refractivity contribution < 1.29 is 18.6 Å². The van der Waals surface area contributed by atoms with Gasteiger partial charge in [-0.1, -0.05) is 0 Å². The minimum Gasteiger partial charge on any atom is -0.393 e. The van der Waals surface area contributed by atoms with Gasteiger partial charge in [-0.05, 0) is 63.3 Å². The highest BCUT2D eigenvalue weighted by Crippen LogP contribution is 2.37. The zero-order valence-electron chi connectivity index (χ0n) is 17.6. The summed E-state index contributed by atoms with van der Waals surface area (Å²) in [6, 6.07) is 5.76. The lowest BCUT2D eigenvalue weighted by molar-refractivity contribution is -0.130. The van der Waals surface area contributed by atoms with E-state index in [1.165, 1.54) is 0 Å². The Labute approximate surface area is 179 Å². The molecule has 1 fully saturated rings. The van der Waals surface area contributed by atoms with Crippen LogP contribution < -0.4 is 5.32 Å². The Morgan fingerprint density at radius 3 is 2.71 bits per heavy atom. The number of aliphatic hydroxyl groups is 1. The number of anilines is 1. The molecule has 1 saturated carbocycles. The van der Waals surface area contributed by atoms with E-state index in [0.29, 0.717) is 5.95 Å². The van der Waals surface area contributed by atoms with Crippen LogP contribution in [0.5, 0.6) is 0 Å². The van der Waals surface area contributed by atoms with Gasteiger partial charge in [0, 0.05) is 35.1 Å². The highest BCUT2D eigenvalue weighted by atomic mass is 19.3. The lowest BCUT2D eigenvalue weighted by Crippen LogP contribution is -2.25. The summed E-state index contributed by atoms with van der Waals surface area (Å²) >= 11 is 0. The average molecular weight is 431 g/mol. The van der Waals surface area contributed by atoms with Crippen molar-refractivity contribution in [3.8, 4) is 11.1 Å². The standard InChI is InChI=1S/C22H27F2N5O2/c1-13-9-16(7-8-25-13)18-10-19(15-3-5-17(30)6-4-15)29-20(18)11-26-22(28-29)27-14(2)12-31-21(23)24/h7-11,14-15,17,21,30H,3-6,12H2,1-2H3,(H,27,28)/t14-,15?,17?/m0/s1. The van der Waals surface area contributed by atoms with Gasteiger partial charge >= 0.3 is 6.61 Å². The Hall–Kier alpha value is -2.65. The molecule has 7 nitrogen and oxygen atoms in total. The number of hydrogen-bond acceptors (Lipinski definition) is 6. The molecule has 0 aromatic carbocycles. The van der Waals surface area contributed by atoms with E-state index in [-0.39, 0.29) is 24.7 Å². The minimum absolute atomic E-state index is 0.153. The molecule has 0 saturated heterocycles. The second kappa shape index (κ2) is 9.23. The quantitative estimate of drug-likeness (QED) is 0.585. The number of aromatic nitrogens is 4. The summed E-state index contributed by atoms with van der Waals surface area (Å²) in [5.74, 6) is 0.623. The van der Waals surface area contributed by atoms with E-state index in [1.807, 2.05) is 23.6 Å². The van der Waals surface area contributed by atoms with Gasteiger partial charge in [0.25, 0.3) is 0 Å². The van der Waals surface area contributed by atoms with Crippen molar-refractivity contribution in [1.29, 1.82) is 0 Å². The van der Waals surface area contributed by atoms with Gasteiger partial charge in [-0.3, -0.25) is 4.98 Å². The molecule has 1 aliphatic rings. The third-order valence-electron chi connectivity index (χ3n) is 5.72. The summed E-state index contributed by atoms with van der Waals surface area (Å²) in [5.41, 5.74) is 4.91. The van der Waals surface area contributed by atoms with E-state index in [4.69, 9.17) is 0 Å². The number of pyridine rings is 1. The maximum atomic E-state index is 12.3. The summed E-state index contributed by atoms with van der Waals surface area (Å²) in [6.07, 6.45) is 6.59. The van der Waals surface area contributed by atoms with Crippen LogP contribution in [0.15, 0.2) is 30.6 Å². The molecule has 1 aliphatic carbocycles. The van der Waals surface area contributed by atoms with Gasteiger partial charge < -0.3 is 15.2 Å². The Morgan fingerprint density at radius 2 is 2.00 bits per heavy atom. The Kier molecular flexibility index (Phi) is 6.43. The second-order valence-electron chi connectivity index (χ2n) is 8.19. The van der Waals surface area contributed by atoms with Crippen LogP contribution in [0, 0.1) is 6.92 Å². The lowest BCUT2D eigenvalue weighted by Gasteiger charge is -2.25. The molecule has 0 amide bonds. The fourth-order valence-electron chi connectivity index (χ4n) is 4.17. The number of alkyl halides is 2. The third kappa shape index (κ3) is 4.99. The van der Waals surface area contributed by atoms with Crippen LogP contribution in [0.2, 0.25) is 0 Å². The molecule has 1 atom stereocenters. The van der Waals surface area contributed by atoms with Crippen LogP contribution in [-0.4, -0.2) is 50.1 Å². The molecule has 2 N–H and O–H groups in total. The summed E-state index contributed by atoms with van der Waals surface area (Å²) in [6.45, 7) is 0.726.